The first-order valence-corrected chi connectivity index (χ1v) is 7.92. The van der Waals surface area contributed by atoms with Gasteiger partial charge in [0.2, 0.25) is 9.05 Å². The number of methoxy groups -OCH3 is 1. The number of rotatable bonds is 6. The molecule has 0 aliphatic rings. The number of carbonyl (C=O) groups excluding carboxylic acids is 1. The van der Waals surface area contributed by atoms with Crippen LogP contribution < -0.4 is 5.32 Å². The summed E-state index contributed by atoms with van der Waals surface area (Å²) in [4.78, 5) is 11.5. The third-order valence-electron chi connectivity index (χ3n) is 1.80. The van der Waals surface area contributed by atoms with Crippen molar-refractivity contribution in [2.24, 2.45) is 0 Å². The van der Waals surface area contributed by atoms with Crippen molar-refractivity contribution in [3.8, 4) is 0 Å². The Morgan fingerprint density at radius 1 is 1.39 bits per heavy atom. The molecule has 0 bridgehead atoms. The van der Waals surface area contributed by atoms with Crippen molar-refractivity contribution in [3.63, 3.8) is 0 Å². The summed E-state index contributed by atoms with van der Waals surface area (Å²) in [6.45, 7) is 5.40. The third kappa shape index (κ3) is 10.6. The number of halogens is 1. The minimum Gasteiger partial charge on any atom is -0.444 e. The smallest absolute Gasteiger partial charge is 0.407 e. The summed E-state index contributed by atoms with van der Waals surface area (Å²) in [6, 6.07) is -0.460. The largest absolute Gasteiger partial charge is 0.444 e. The highest BCUT2D eigenvalue weighted by molar-refractivity contribution is 8.13. The molecule has 0 radical (unpaired) electrons. The zero-order chi connectivity index (χ0) is 14.4. The van der Waals surface area contributed by atoms with Gasteiger partial charge in [-0.3, -0.25) is 0 Å². The van der Waals surface area contributed by atoms with Gasteiger partial charge in [0.1, 0.15) is 5.60 Å². The zero-order valence-corrected chi connectivity index (χ0v) is 12.6. The minimum absolute atomic E-state index is 0.166. The summed E-state index contributed by atoms with van der Waals surface area (Å²) in [7, 11) is 2.98. The number of ether oxygens (including phenoxy) is 2. The van der Waals surface area contributed by atoms with Gasteiger partial charge in [-0.25, -0.2) is 13.2 Å². The van der Waals surface area contributed by atoms with Crippen LogP contribution in [0.15, 0.2) is 0 Å². The van der Waals surface area contributed by atoms with Gasteiger partial charge in [0.15, 0.2) is 0 Å². The van der Waals surface area contributed by atoms with E-state index in [-0.39, 0.29) is 18.8 Å². The van der Waals surface area contributed by atoms with Crippen LogP contribution in [0.25, 0.3) is 0 Å². The fraction of sp³-hybridized carbons (Fsp3) is 0.900. The molecule has 0 heterocycles. The second-order valence-electron chi connectivity index (χ2n) is 4.83. The highest BCUT2D eigenvalue weighted by Gasteiger charge is 2.20. The number of hydrogen-bond donors (Lipinski definition) is 1. The van der Waals surface area contributed by atoms with E-state index < -0.39 is 26.8 Å². The molecule has 0 aromatic carbocycles. The van der Waals surface area contributed by atoms with E-state index in [1.54, 1.807) is 20.8 Å². The Bertz CT molecular complexity index is 363. The van der Waals surface area contributed by atoms with Crippen molar-refractivity contribution in [1.82, 2.24) is 5.32 Å². The fourth-order valence-corrected chi connectivity index (χ4v) is 1.99. The van der Waals surface area contributed by atoms with Crippen LogP contribution in [0.3, 0.4) is 0 Å². The van der Waals surface area contributed by atoms with Crippen molar-refractivity contribution >= 4 is 25.8 Å². The van der Waals surface area contributed by atoms with Crippen LogP contribution in [-0.4, -0.2) is 45.6 Å². The molecular formula is C10H20ClNO5S. The van der Waals surface area contributed by atoms with Gasteiger partial charge in [-0.05, 0) is 27.2 Å². The van der Waals surface area contributed by atoms with Crippen LogP contribution in [0.1, 0.15) is 27.2 Å². The van der Waals surface area contributed by atoms with Crippen LogP contribution in [0.2, 0.25) is 0 Å². The van der Waals surface area contributed by atoms with E-state index in [1.165, 1.54) is 7.11 Å². The van der Waals surface area contributed by atoms with Crippen molar-refractivity contribution in [2.45, 2.75) is 38.8 Å². The van der Waals surface area contributed by atoms with E-state index in [1.807, 2.05) is 0 Å². The molecule has 108 valence electrons. The Labute approximate surface area is 112 Å². The minimum atomic E-state index is -3.58. The zero-order valence-electron chi connectivity index (χ0n) is 11.0. The topological polar surface area (TPSA) is 81.7 Å². The summed E-state index contributed by atoms with van der Waals surface area (Å²) in [6.07, 6.45) is -0.449. The predicted molar refractivity (Wildman–Crippen MR) is 69.3 cm³/mol. The monoisotopic (exact) mass is 301 g/mol. The van der Waals surface area contributed by atoms with Crippen molar-refractivity contribution in [2.75, 3.05) is 19.5 Å². The molecule has 0 saturated heterocycles. The van der Waals surface area contributed by atoms with Crippen molar-refractivity contribution in [1.29, 1.82) is 0 Å². The van der Waals surface area contributed by atoms with Crippen LogP contribution in [0, 0.1) is 0 Å². The van der Waals surface area contributed by atoms with Gasteiger partial charge in [-0.15, -0.1) is 0 Å². The molecule has 0 aliphatic heterocycles. The highest BCUT2D eigenvalue weighted by Crippen LogP contribution is 2.08. The lowest BCUT2D eigenvalue weighted by atomic mass is 10.2. The lowest BCUT2D eigenvalue weighted by molar-refractivity contribution is 0.0467. The van der Waals surface area contributed by atoms with Crippen molar-refractivity contribution < 1.29 is 22.7 Å². The average molecular weight is 302 g/mol. The number of amides is 1. The maximum absolute atomic E-state index is 11.5. The maximum atomic E-state index is 11.5. The van der Waals surface area contributed by atoms with Gasteiger partial charge < -0.3 is 14.8 Å². The van der Waals surface area contributed by atoms with Gasteiger partial charge in [0.25, 0.3) is 0 Å². The van der Waals surface area contributed by atoms with Gasteiger partial charge in [-0.2, -0.15) is 0 Å². The molecule has 0 aromatic heterocycles. The fourth-order valence-electron chi connectivity index (χ4n) is 1.16. The van der Waals surface area contributed by atoms with E-state index in [0.717, 1.165) is 0 Å². The molecule has 0 rings (SSSR count). The third-order valence-corrected chi connectivity index (χ3v) is 2.99. The molecule has 1 N–H and O–H groups in total. The number of alkyl carbamates (subject to hydrolysis) is 1. The molecule has 6 nitrogen and oxygen atoms in total. The van der Waals surface area contributed by atoms with E-state index in [4.69, 9.17) is 20.2 Å². The second kappa shape index (κ2) is 7.16. The first-order valence-electron chi connectivity index (χ1n) is 5.44. The molecule has 1 amide bonds. The maximum Gasteiger partial charge on any atom is 0.407 e. The number of nitrogens with one attached hydrogen (secondary N) is 1. The summed E-state index contributed by atoms with van der Waals surface area (Å²) in [5, 5.41) is 2.54. The molecule has 0 aromatic rings. The summed E-state index contributed by atoms with van der Waals surface area (Å²) in [5.74, 6) is -0.238. The molecular weight excluding hydrogens is 282 g/mol. The Morgan fingerprint density at radius 3 is 2.33 bits per heavy atom. The van der Waals surface area contributed by atoms with Gasteiger partial charge in [-0.1, -0.05) is 0 Å². The van der Waals surface area contributed by atoms with Crippen LogP contribution in [0.5, 0.6) is 0 Å². The molecule has 0 fully saturated rings. The molecule has 8 heteroatoms. The first kappa shape index (κ1) is 17.5. The standard InChI is InChI=1S/C10H20ClNO5S/c1-10(2,3)17-9(13)12-8(7-16-4)5-6-18(11,14)15/h8H,5-7H2,1-4H3,(H,12,13). The van der Waals surface area contributed by atoms with Gasteiger partial charge >= 0.3 is 6.09 Å². The van der Waals surface area contributed by atoms with Crippen LogP contribution in [-0.2, 0) is 18.5 Å². The first-order chi connectivity index (χ1) is 8.03. The lowest BCUT2D eigenvalue weighted by Crippen LogP contribution is -2.42. The Balaban J connectivity index is 4.31. The van der Waals surface area contributed by atoms with Gasteiger partial charge in [0, 0.05) is 17.8 Å². The Morgan fingerprint density at radius 2 is 1.94 bits per heavy atom. The second-order valence-corrected chi connectivity index (χ2v) is 7.73. The van der Waals surface area contributed by atoms with Gasteiger partial charge in [0.05, 0.1) is 18.4 Å². The molecule has 0 aliphatic carbocycles. The summed E-state index contributed by atoms with van der Waals surface area (Å²) >= 11 is 0. The quantitative estimate of drug-likeness (QED) is 0.752. The number of carbonyl (C=O) groups is 1. The number of hydrogen-bond acceptors (Lipinski definition) is 5. The predicted octanol–water partition coefficient (Wildman–Crippen LogP) is 1.48. The average Bonchev–Trinajstić information content (AvgIpc) is 2.10. The summed E-state index contributed by atoms with van der Waals surface area (Å²) in [5.41, 5.74) is -0.611. The van der Waals surface area contributed by atoms with Crippen LogP contribution in [0.4, 0.5) is 4.79 Å². The van der Waals surface area contributed by atoms with E-state index in [9.17, 15) is 13.2 Å². The molecule has 18 heavy (non-hydrogen) atoms. The SMILES string of the molecule is COCC(CCS(=O)(=O)Cl)NC(=O)OC(C)(C)C. The van der Waals surface area contributed by atoms with Crippen LogP contribution >= 0.6 is 10.7 Å². The Hall–Kier alpha value is -0.530. The van der Waals surface area contributed by atoms with E-state index >= 15 is 0 Å². The van der Waals surface area contributed by atoms with E-state index in [2.05, 4.69) is 5.32 Å². The molecule has 0 spiro atoms. The van der Waals surface area contributed by atoms with Crippen molar-refractivity contribution in [3.05, 3.63) is 0 Å². The molecule has 1 unspecified atom stereocenters. The highest BCUT2D eigenvalue weighted by atomic mass is 35.7. The normalized spacial score (nSPS) is 14.1. The lowest BCUT2D eigenvalue weighted by Gasteiger charge is -2.23. The molecule has 1 atom stereocenters. The molecule has 0 saturated carbocycles. The summed E-state index contributed by atoms with van der Waals surface area (Å²) < 4.78 is 31.6. The van der Waals surface area contributed by atoms with E-state index in [0.29, 0.717) is 0 Å². The Kier molecular flexibility index (Phi) is 6.94.